The molecule has 4 atom stereocenters. The second-order valence-corrected chi connectivity index (χ2v) is 6.48. The fraction of sp³-hybridized carbons (Fsp3) is 0.812. The summed E-state index contributed by atoms with van der Waals surface area (Å²) < 4.78 is 0. The summed E-state index contributed by atoms with van der Waals surface area (Å²) in [5, 5.41) is 3.45. The van der Waals surface area contributed by atoms with Gasteiger partial charge in [-0.2, -0.15) is 0 Å². The van der Waals surface area contributed by atoms with Gasteiger partial charge in [-0.1, -0.05) is 12.2 Å². The van der Waals surface area contributed by atoms with E-state index in [0.717, 1.165) is 32.6 Å². The van der Waals surface area contributed by atoms with E-state index in [4.69, 9.17) is 0 Å². The molecule has 3 nitrogen and oxygen atoms in total. The SMILES string of the molecule is CCN(CC1CCCNC1)C(=O)C1CC2C=CC1C2. The first-order valence-electron chi connectivity index (χ1n) is 7.95. The molecule has 1 amide bonds. The number of fused-ring (bicyclic) bond motifs is 2. The molecule has 3 heteroatoms. The van der Waals surface area contributed by atoms with Gasteiger partial charge in [0, 0.05) is 19.0 Å². The fourth-order valence-corrected chi connectivity index (χ4v) is 4.07. The van der Waals surface area contributed by atoms with E-state index in [0.29, 0.717) is 23.7 Å². The minimum atomic E-state index is 0.284. The molecule has 1 saturated carbocycles. The Morgan fingerprint density at radius 2 is 2.26 bits per heavy atom. The number of carbonyl (C=O) groups is 1. The van der Waals surface area contributed by atoms with E-state index in [1.54, 1.807) is 0 Å². The van der Waals surface area contributed by atoms with Gasteiger partial charge in [-0.05, 0) is 63.5 Å². The Labute approximate surface area is 116 Å². The van der Waals surface area contributed by atoms with Gasteiger partial charge in [0.05, 0.1) is 0 Å². The van der Waals surface area contributed by atoms with E-state index in [2.05, 4.69) is 29.3 Å². The summed E-state index contributed by atoms with van der Waals surface area (Å²) in [6, 6.07) is 0. The molecule has 2 fully saturated rings. The zero-order valence-electron chi connectivity index (χ0n) is 12.0. The number of rotatable bonds is 4. The molecule has 2 bridgehead atoms. The molecule has 1 aliphatic heterocycles. The van der Waals surface area contributed by atoms with Crippen molar-refractivity contribution >= 4 is 5.91 Å². The van der Waals surface area contributed by atoms with Crippen molar-refractivity contribution in [2.75, 3.05) is 26.2 Å². The monoisotopic (exact) mass is 262 g/mol. The maximum absolute atomic E-state index is 12.7. The molecule has 1 saturated heterocycles. The molecule has 0 aromatic carbocycles. The van der Waals surface area contributed by atoms with Crippen molar-refractivity contribution in [1.82, 2.24) is 10.2 Å². The van der Waals surface area contributed by atoms with Gasteiger partial charge in [0.2, 0.25) is 5.91 Å². The third-order valence-electron chi connectivity index (χ3n) is 5.17. The molecule has 3 aliphatic rings. The zero-order chi connectivity index (χ0) is 13.2. The van der Waals surface area contributed by atoms with Crippen LogP contribution in [0.25, 0.3) is 0 Å². The molecule has 106 valence electrons. The fourth-order valence-electron chi connectivity index (χ4n) is 4.07. The number of carbonyl (C=O) groups excluding carboxylic acids is 1. The summed E-state index contributed by atoms with van der Waals surface area (Å²) >= 11 is 0. The number of nitrogens with zero attached hydrogens (tertiary/aromatic N) is 1. The molecular formula is C16H26N2O. The molecule has 0 radical (unpaired) electrons. The van der Waals surface area contributed by atoms with Crippen LogP contribution in [0.5, 0.6) is 0 Å². The predicted octanol–water partition coefficient (Wildman–Crippen LogP) is 2.05. The molecule has 19 heavy (non-hydrogen) atoms. The van der Waals surface area contributed by atoms with Crippen LogP contribution in [0.3, 0.4) is 0 Å². The van der Waals surface area contributed by atoms with Crippen LogP contribution in [0.2, 0.25) is 0 Å². The van der Waals surface area contributed by atoms with Crippen molar-refractivity contribution < 1.29 is 4.79 Å². The molecule has 2 aliphatic carbocycles. The number of hydrogen-bond acceptors (Lipinski definition) is 2. The van der Waals surface area contributed by atoms with E-state index in [1.165, 1.54) is 19.3 Å². The molecule has 4 unspecified atom stereocenters. The molecule has 0 aromatic heterocycles. The lowest BCUT2D eigenvalue weighted by Gasteiger charge is -2.32. The maximum Gasteiger partial charge on any atom is 0.226 e. The van der Waals surface area contributed by atoms with E-state index in [1.807, 2.05) is 0 Å². The quantitative estimate of drug-likeness (QED) is 0.786. The normalized spacial score (nSPS) is 36.7. The summed E-state index contributed by atoms with van der Waals surface area (Å²) in [5.41, 5.74) is 0. The van der Waals surface area contributed by atoms with Gasteiger partial charge in [0.15, 0.2) is 0 Å². The summed E-state index contributed by atoms with van der Waals surface area (Å²) in [6.07, 6.45) is 9.45. The Kier molecular flexibility index (Phi) is 3.92. The minimum Gasteiger partial charge on any atom is -0.342 e. The van der Waals surface area contributed by atoms with Crippen molar-refractivity contribution in [3.8, 4) is 0 Å². The highest BCUT2D eigenvalue weighted by Gasteiger charge is 2.41. The molecule has 0 aromatic rings. The lowest BCUT2D eigenvalue weighted by atomic mass is 9.91. The topological polar surface area (TPSA) is 32.3 Å². The van der Waals surface area contributed by atoms with Gasteiger partial charge in [-0.25, -0.2) is 0 Å². The molecule has 1 heterocycles. The van der Waals surface area contributed by atoms with Gasteiger partial charge >= 0.3 is 0 Å². The van der Waals surface area contributed by atoms with Crippen LogP contribution in [-0.2, 0) is 4.79 Å². The van der Waals surface area contributed by atoms with Crippen LogP contribution in [0.15, 0.2) is 12.2 Å². The zero-order valence-corrected chi connectivity index (χ0v) is 12.0. The average molecular weight is 262 g/mol. The highest BCUT2D eigenvalue weighted by atomic mass is 16.2. The molecule has 0 spiro atoms. The maximum atomic E-state index is 12.7. The number of amides is 1. The first kappa shape index (κ1) is 13.2. The number of piperidine rings is 1. The van der Waals surface area contributed by atoms with E-state index < -0.39 is 0 Å². The number of hydrogen-bond donors (Lipinski definition) is 1. The smallest absolute Gasteiger partial charge is 0.226 e. The Bertz CT molecular complexity index is 360. The summed E-state index contributed by atoms with van der Waals surface area (Å²) in [6.45, 7) is 6.18. The summed E-state index contributed by atoms with van der Waals surface area (Å²) in [4.78, 5) is 14.8. The second-order valence-electron chi connectivity index (χ2n) is 6.48. The van der Waals surface area contributed by atoms with Crippen LogP contribution in [-0.4, -0.2) is 37.0 Å². The third-order valence-corrected chi connectivity index (χ3v) is 5.17. The molecule has 1 N–H and O–H groups in total. The van der Waals surface area contributed by atoms with Crippen molar-refractivity contribution in [1.29, 1.82) is 0 Å². The van der Waals surface area contributed by atoms with Gasteiger partial charge in [-0.3, -0.25) is 4.79 Å². The number of nitrogens with one attached hydrogen (secondary N) is 1. The lowest BCUT2D eigenvalue weighted by Crippen LogP contribution is -2.43. The van der Waals surface area contributed by atoms with Crippen molar-refractivity contribution in [2.24, 2.45) is 23.7 Å². The summed E-state index contributed by atoms with van der Waals surface area (Å²) in [7, 11) is 0. The van der Waals surface area contributed by atoms with Crippen LogP contribution in [0.4, 0.5) is 0 Å². The van der Waals surface area contributed by atoms with Gasteiger partial charge in [0.1, 0.15) is 0 Å². The van der Waals surface area contributed by atoms with Gasteiger partial charge in [0.25, 0.3) is 0 Å². The largest absolute Gasteiger partial charge is 0.342 e. The lowest BCUT2D eigenvalue weighted by molar-refractivity contribution is -0.136. The third kappa shape index (κ3) is 2.71. The Balaban J connectivity index is 1.58. The van der Waals surface area contributed by atoms with Gasteiger partial charge in [-0.15, -0.1) is 0 Å². The Morgan fingerprint density at radius 1 is 1.37 bits per heavy atom. The average Bonchev–Trinajstić information content (AvgIpc) is 3.08. The Hall–Kier alpha value is -0.830. The van der Waals surface area contributed by atoms with Crippen LogP contribution in [0.1, 0.15) is 32.6 Å². The highest BCUT2D eigenvalue weighted by molar-refractivity contribution is 5.80. The van der Waals surface area contributed by atoms with Gasteiger partial charge < -0.3 is 10.2 Å². The summed E-state index contributed by atoms with van der Waals surface area (Å²) in [5.74, 6) is 2.59. The van der Waals surface area contributed by atoms with Crippen molar-refractivity contribution in [3.63, 3.8) is 0 Å². The van der Waals surface area contributed by atoms with E-state index >= 15 is 0 Å². The highest BCUT2D eigenvalue weighted by Crippen LogP contribution is 2.44. The van der Waals surface area contributed by atoms with E-state index in [9.17, 15) is 4.79 Å². The van der Waals surface area contributed by atoms with E-state index in [-0.39, 0.29) is 5.92 Å². The molecular weight excluding hydrogens is 236 g/mol. The van der Waals surface area contributed by atoms with Crippen LogP contribution >= 0.6 is 0 Å². The molecule has 3 rings (SSSR count). The van der Waals surface area contributed by atoms with Crippen molar-refractivity contribution in [3.05, 3.63) is 12.2 Å². The second kappa shape index (κ2) is 5.66. The predicted molar refractivity (Wildman–Crippen MR) is 76.7 cm³/mol. The minimum absolute atomic E-state index is 0.284. The van der Waals surface area contributed by atoms with Crippen LogP contribution < -0.4 is 5.32 Å². The standard InChI is InChI=1S/C16H26N2O/c1-2-18(11-13-4-3-7-17-10-13)16(19)15-9-12-5-6-14(15)8-12/h5-6,12-15,17H,2-4,7-11H2,1H3. The van der Waals surface area contributed by atoms with Crippen LogP contribution in [0, 0.1) is 23.7 Å². The number of allylic oxidation sites excluding steroid dienone is 2. The first-order valence-corrected chi connectivity index (χ1v) is 7.95. The Morgan fingerprint density at radius 3 is 2.84 bits per heavy atom. The van der Waals surface area contributed by atoms with Crippen molar-refractivity contribution in [2.45, 2.75) is 32.6 Å². The first-order chi connectivity index (χ1) is 9.28.